The Morgan fingerprint density at radius 3 is 2.91 bits per heavy atom. The van der Waals surface area contributed by atoms with Crippen LogP contribution in [0.15, 0.2) is 29.1 Å². The van der Waals surface area contributed by atoms with Gasteiger partial charge in [0.2, 0.25) is 0 Å². The number of aryl methyl sites for hydroxylation is 2. The number of imidazole rings is 1. The van der Waals surface area contributed by atoms with E-state index in [0.29, 0.717) is 17.0 Å². The molecule has 2 aromatic heterocycles. The number of epoxide rings is 1. The summed E-state index contributed by atoms with van der Waals surface area (Å²) in [6.45, 7) is 4.65. The average Bonchev–Trinajstić information content (AvgIpc) is 3.34. The zero-order valence-electron chi connectivity index (χ0n) is 13.2. The molecule has 0 spiro atoms. The maximum absolute atomic E-state index is 12.5. The number of ether oxygens (including phenoxy) is 1. The van der Waals surface area contributed by atoms with E-state index in [0.717, 1.165) is 36.4 Å². The van der Waals surface area contributed by atoms with Crippen LogP contribution in [0, 0.1) is 6.92 Å². The Hall–Kier alpha value is -2.47. The summed E-state index contributed by atoms with van der Waals surface area (Å²) in [6, 6.07) is 7.90. The van der Waals surface area contributed by atoms with Crippen molar-refractivity contribution >= 4 is 5.52 Å². The molecule has 3 aromatic rings. The lowest BCUT2D eigenvalue weighted by atomic mass is 10.0. The lowest BCUT2D eigenvalue weighted by Gasteiger charge is -2.07. The van der Waals surface area contributed by atoms with E-state index in [1.165, 1.54) is 0 Å². The van der Waals surface area contributed by atoms with Gasteiger partial charge in [-0.2, -0.15) is 0 Å². The Kier molecular flexibility index (Phi) is 3.27. The van der Waals surface area contributed by atoms with Crippen LogP contribution >= 0.6 is 0 Å². The summed E-state index contributed by atoms with van der Waals surface area (Å²) in [5, 5.41) is 4.66. The van der Waals surface area contributed by atoms with E-state index >= 15 is 0 Å². The van der Waals surface area contributed by atoms with Crippen LogP contribution in [0.25, 0.3) is 16.9 Å². The maximum Gasteiger partial charge on any atom is 0.277 e. The van der Waals surface area contributed by atoms with Gasteiger partial charge in [0.05, 0.1) is 12.3 Å². The van der Waals surface area contributed by atoms with E-state index < -0.39 is 0 Å². The molecule has 3 heterocycles. The molecule has 0 aliphatic carbocycles. The molecule has 6 nitrogen and oxygen atoms in total. The molecule has 1 saturated heterocycles. The summed E-state index contributed by atoms with van der Waals surface area (Å²) in [5.74, 6) is 1.39. The van der Waals surface area contributed by atoms with Gasteiger partial charge in [-0.15, -0.1) is 5.10 Å². The van der Waals surface area contributed by atoms with Gasteiger partial charge in [0.15, 0.2) is 11.3 Å². The second-order valence-electron chi connectivity index (χ2n) is 5.84. The minimum Gasteiger partial charge on any atom is -0.368 e. The van der Waals surface area contributed by atoms with Gasteiger partial charge in [-0.25, -0.2) is 9.50 Å². The van der Waals surface area contributed by atoms with E-state index in [2.05, 4.69) is 22.0 Å². The van der Waals surface area contributed by atoms with Crippen LogP contribution in [0.1, 0.15) is 36.5 Å². The Morgan fingerprint density at radius 1 is 1.39 bits per heavy atom. The second-order valence-corrected chi connectivity index (χ2v) is 5.84. The van der Waals surface area contributed by atoms with Gasteiger partial charge in [0.1, 0.15) is 11.9 Å². The Labute approximate surface area is 133 Å². The van der Waals surface area contributed by atoms with E-state index in [9.17, 15) is 4.79 Å². The largest absolute Gasteiger partial charge is 0.368 e. The van der Waals surface area contributed by atoms with Crippen LogP contribution < -0.4 is 5.56 Å². The van der Waals surface area contributed by atoms with Crippen LogP contribution in [0.5, 0.6) is 0 Å². The zero-order valence-corrected chi connectivity index (χ0v) is 13.2. The quantitative estimate of drug-likeness (QED) is 0.751. The summed E-state index contributed by atoms with van der Waals surface area (Å²) in [4.78, 5) is 19.9. The molecule has 0 saturated carbocycles. The maximum atomic E-state index is 12.5. The summed E-state index contributed by atoms with van der Waals surface area (Å²) >= 11 is 0. The van der Waals surface area contributed by atoms with Crippen molar-refractivity contribution < 1.29 is 4.74 Å². The van der Waals surface area contributed by atoms with Gasteiger partial charge in [0.25, 0.3) is 5.56 Å². The summed E-state index contributed by atoms with van der Waals surface area (Å²) in [7, 11) is 0. The smallest absolute Gasteiger partial charge is 0.277 e. The number of hydrogen-bond donors (Lipinski definition) is 1. The van der Waals surface area contributed by atoms with Crippen molar-refractivity contribution in [1.29, 1.82) is 0 Å². The fraction of sp³-hybridized carbons (Fsp3) is 0.353. The molecule has 0 radical (unpaired) electrons. The van der Waals surface area contributed by atoms with E-state index in [4.69, 9.17) is 4.74 Å². The highest BCUT2D eigenvalue weighted by Crippen LogP contribution is 2.35. The average molecular weight is 310 g/mol. The Balaban J connectivity index is 1.95. The minimum atomic E-state index is -0.158. The van der Waals surface area contributed by atoms with Crippen molar-refractivity contribution in [2.24, 2.45) is 0 Å². The molecule has 1 aromatic carbocycles. The van der Waals surface area contributed by atoms with Gasteiger partial charge in [-0.1, -0.05) is 31.2 Å². The highest BCUT2D eigenvalue weighted by Gasteiger charge is 2.28. The normalized spacial score (nSPS) is 16.9. The van der Waals surface area contributed by atoms with Gasteiger partial charge in [-0.05, 0) is 18.9 Å². The third-order valence-electron chi connectivity index (χ3n) is 4.11. The number of nitrogens with zero attached hydrogens (tertiary/aromatic N) is 3. The third-order valence-corrected chi connectivity index (χ3v) is 4.11. The monoisotopic (exact) mass is 310 g/mol. The van der Waals surface area contributed by atoms with Crippen LogP contribution in [-0.4, -0.2) is 26.2 Å². The number of rotatable bonds is 4. The first kappa shape index (κ1) is 14.1. The van der Waals surface area contributed by atoms with Crippen molar-refractivity contribution in [3.63, 3.8) is 0 Å². The number of fused-ring (bicyclic) bond motifs is 1. The predicted octanol–water partition coefficient (Wildman–Crippen LogP) is 2.42. The van der Waals surface area contributed by atoms with Crippen molar-refractivity contribution in [3.8, 4) is 11.4 Å². The number of benzene rings is 1. The molecule has 1 aliphatic rings. The minimum absolute atomic E-state index is 0.104. The summed E-state index contributed by atoms with van der Waals surface area (Å²) in [6.07, 6.45) is 1.85. The van der Waals surface area contributed by atoms with Gasteiger partial charge < -0.3 is 9.72 Å². The van der Waals surface area contributed by atoms with Crippen molar-refractivity contribution in [2.75, 3.05) is 6.61 Å². The first-order valence-corrected chi connectivity index (χ1v) is 7.88. The van der Waals surface area contributed by atoms with Gasteiger partial charge >= 0.3 is 0 Å². The Bertz CT molecular complexity index is 937. The SMILES string of the molecule is CCCc1nc(C)c2c(=O)[nH]c(-c3ccccc3C3CO3)nn12. The van der Waals surface area contributed by atoms with Crippen molar-refractivity contribution in [1.82, 2.24) is 19.6 Å². The molecule has 6 heteroatoms. The summed E-state index contributed by atoms with van der Waals surface area (Å²) < 4.78 is 7.09. The molecule has 4 rings (SSSR count). The molecule has 1 aliphatic heterocycles. The highest BCUT2D eigenvalue weighted by atomic mass is 16.6. The van der Waals surface area contributed by atoms with Gasteiger partial charge in [-0.3, -0.25) is 4.79 Å². The molecule has 1 atom stereocenters. The molecule has 0 bridgehead atoms. The molecular weight excluding hydrogens is 292 g/mol. The van der Waals surface area contributed by atoms with Crippen molar-refractivity contribution in [2.45, 2.75) is 32.8 Å². The number of hydrogen-bond acceptors (Lipinski definition) is 4. The lowest BCUT2D eigenvalue weighted by molar-refractivity contribution is 0.416. The lowest BCUT2D eigenvalue weighted by Crippen LogP contribution is -2.16. The molecule has 0 amide bonds. The van der Waals surface area contributed by atoms with Crippen molar-refractivity contribution in [3.05, 3.63) is 51.7 Å². The predicted molar refractivity (Wildman–Crippen MR) is 86.5 cm³/mol. The number of nitrogens with one attached hydrogen (secondary N) is 1. The summed E-state index contributed by atoms with van der Waals surface area (Å²) in [5.41, 5.74) is 3.05. The number of aromatic amines is 1. The zero-order chi connectivity index (χ0) is 16.0. The molecule has 1 fully saturated rings. The van der Waals surface area contributed by atoms with Gasteiger partial charge in [0, 0.05) is 12.0 Å². The van der Waals surface area contributed by atoms with Crippen LogP contribution in [0.3, 0.4) is 0 Å². The number of aromatic nitrogens is 4. The molecule has 1 unspecified atom stereocenters. The van der Waals surface area contributed by atoms with Crippen LogP contribution in [0.2, 0.25) is 0 Å². The van der Waals surface area contributed by atoms with Crippen LogP contribution in [-0.2, 0) is 11.2 Å². The van der Waals surface area contributed by atoms with E-state index in [1.54, 1.807) is 4.52 Å². The first-order valence-electron chi connectivity index (χ1n) is 7.88. The fourth-order valence-corrected chi connectivity index (χ4v) is 2.96. The second kappa shape index (κ2) is 5.31. The fourth-order valence-electron chi connectivity index (χ4n) is 2.96. The molecular formula is C17H18N4O2. The van der Waals surface area contributed by atoms with Crippen LogP contribution in [0.4, 0.5) is 0 Å². The number of H-pyrrole nitrogens is 1. The molecule has 23 heavy (non-hydrogen) atoms. The highest BCUT2D eigenvalue weighted by molar-refractivity contribution is 5.62. The van der Waals surface area contributed by atoms with E-state index in [1.807, 2.05) is 31.2 Å². The first-order chi connectivity index (χ1) is 11.2. The van der Waals surface area contributed by atoms with E-state index in [-0.39, 0.29) is 11.7 Å². The topological polar surface area (TPSA) is 75.6 Å². The Morgan fingerprint density at radius 2 is 2.17 bits per heavy atom. The molecule has 1 N–H and O–H groups in total. The molecule has 118 valence electrons. The standard InChI is InChI=1S/C17H18N4O2/c1-3-6-14-18-10(2)15-17(22)19-16(20-21(14)15)12-8-5-4-7-11(12)13-9-23-13/h4-5,7-8,13H,3,6,9H2,1-2H3,(H,19,20,22). The third kappa shape index (κ3) is 2.35.